The highest BCUT2D eigenvalue weighted by molar-refractivity contribution is 5.97. The van der Waals surface area contributed by atoms with Crippen LogP contribution in [0, 0.1) is 0 Å². The van der Waals surface area contributed by atoms with Gasteiger partial charge in [0.15, 0.2) is 23.0 Å². The Bertz CT molecular complexity index is 3290. The lowest BCUT2D eigenvalue weighted by molar-refractivity contribution is -0.130. The number of carbonyl (C=O) groups is 5. The predicted octanol–water partition coefficient (Wildman–Crippen LogP) is 6.47. The van der Waals surface area contributed by atoms with Crippen LogP contribution in [0.25, 0.3) is 0 Å². The number of nitrogens with two attached hydrogens (primary N) is 2. The second-order valence-corrected chi connectivity index (χ2v) is 23.1. The number of hydrogen-bond donors (Lipinski definition) is 7. The number of hydrogen-bond acceptors (Lipinski definition) is 16. The molecule has 2 saturated carbocycles. The Labute approximate surface area is 483 Å². The molecule has 6 aromatic rings. The highest BCUT2D eigenvalue weighted by atomic mass is 16.2. The van der Waals surface area contributed by atoms with Gasteiger partial charge in [0.25, 0.3) is 23.6 Å². The topological polar surface area (TPSA) is 294 Å². The first kappa shape index (κ1) is 56.4. The fourth-order valence-electron chi connectivity index (χ4n) is 12.0. The van der Waals surface area contributed by atoms with Gasteiger partial charge in [0.2, 0.25) is 5.91 Å². The number of likely N-dealkylation sites (tertiary alicyclic amines) is 1. The first-order chi connectivity index (χ1) is 40.2. The number of aromatic nitrogens is 8. The zero-order chi connectivity index (χ0) is 57.7. The van der Waals surface area contributed by atoms with Crippen LogP contribution in [0.5, 0.6) is 0 Å². The van der Waals surface area contributed by atoms with Crippen LogP contribution in [-0.4, -0.2) is 137 Å². The molecule has 6 aliphatic rings. The Balaban J connectivity index is 0.000000174. The number of rotatable bonds is 16. The van der Waals surface area contributed by atoms with Gasteiger partial charge < -0.3 is 52.8 Å². The summed E-state index contributed by atoms with van der Waals surface area (Å²) in [4.78, 5) is 86.6. The molecule has 4 aromatic heterocycles. The summed E-state index contributed by atoms with van der Waals surface area (Å²) in [6, 6.07) is 16.3. The number of carbonyl (C=O) groups excluding carboxylic acids is 5. The summed E-state index contributed by atoms with van der Waals surface area (Å²) in [5.74, 6) is 1.69. The maximum absolute atomic E-state index is 13.1. The van der Waals surface area contributed by atoms with Crippen molar-refractivity contribution in [1.29, 1.82) is 0 Å². The summed E-state index contributed by atoms with van der Waals surface area (Å²) in [6.07, 6.45) is 22.5. The quantitative estimate of drug-likeness (QED) is 0.0546. The Morgan fingerprint density at radius 3 is 1.36 bits per heavy atom. The van der Waals surface area contributed by atoms with Gasteiger partial charge in [-0.05, 0) is 151 Å². The second-order valence-electron chi connectivity index (χ2n) is 23.1. The van der Waals surface area contributed by atoms with Crippen LogP contribution in [0.15, 0.2) is 85.7 Å². The van der Waals surface area contributed by atoms with E-state index < -0.39 is 11.8 Å². The lowest BCUT2D eigenvalue weighted by Crippen LogP contribution is -2.54. The summed E-state index contributed by atoms with van der Waals surface area (Å²) in [5.41, 5.74) is 16.7. The fraction of sp³-hybridized carbons (Fsp3) is 0.483. The van der Waals surface area contributed by atoms with Gasteiger partial charge in [0.05, 0.1) is 48.2 Å². The van der Waals surface area contributed by atoms with Gasteiger partial charge in [-0.2, -0.15) is 10.2 Å². The number of amides is 5. The number of nitrogens with one attached hydrogen (secondary N) is 5. The molecular formula is C60H76N18O5. The third kappa shape index (κ3) is 13.4. The van der Waals surface area contributed by atoms with Crippen LogP contribution < -0.4 is 47.9 Å². The Morgan fingerprint density at radius 2 is 0.964 bits per heavy atom. The molecule has 23 nitrogen and oxygen atoms in total. The molecule has 4 atom stereocenters. The normalized spacial score (nSPS) is 21.3. The molecule has 8 heterocycles. The lowest BCUT2D eigenvalue weighted by Gasteiger charge is -2.40. The number of primary amides is 2. The van der Waals surface area contributed by atoms with E-state index in [2.05, 4.69) is 94.7 Å². The van der Waals surface area contributed by atoms with E-state index in [1.165, 1.54) is 36.8 Å². The molecule has 6 fully saturated rings. The van der Waals surface area contributed by atoms with E-state index in [4.69, 9.17) is 21.4 Å². The van der Waals surface area contributed by atoms with Crippen molar-refractivity contribution in [2.75, 3.05) is 59.7 Å². The number of anilines is 6. The lowest BCUT2D eigenvalue weighted by atomic mass is 9.97. The van der Waals surface area contributed by atoms with E-state index >= 15 is 0 Å². The predicted molar refractivity (Wildman–Crippen MR) is 315 cm³/mol. The van der Waals surface area contributed by atoms with Gasteiger partial charge in [-0.1, -0.05) is 24.3 Å². The number of benzene rings is 2. The van der Waals surface area contributed by atoms with Crippen molar-refractivity contribution < 1.29 is 24.0 Å². The molecule has 0 radical (unpaired) electrons. The minimum Gasteiger partial charge on any atom is -0.364 e. The van der Waals surface area contributed by atoms with Gasteiger partial charge in [-0.3, -0.25) is 33.3 Å². The van der Waals surface area contributed by atoms with Crippen molar-refractivity contribution in [1.82, 2.24) is 60.3 Å². The van der Waals surface area contributed by atoms with E-state index in [1.807, 2.05) is 50.9 Å². The number of nitrogens with zero attached hydrogens (tertiary/aromatic N) is 11. The minimum absolute atomic E-state index is 0.0207. The van der Waals surface area contributed by atoms with Gasteiger partial charge >= 0.3 is 0 Å². The van der Waals surface area contributed by atoms with E-state index in [0.717, 1.165) is 83.2 Å². The summed E-state index contributed by atoms with van der Waals surface area (Å²) >= 11 is 0. The van der Waals surface area contributed by atoms with Gasteiger partial charge in [-0.25, -0.2) is 19.9 Å². The Morgan fingerprint density at radius 1 is 0.542 bits per heavy atom. The highest BCUT2D eigenvalue weighted by Crippen LogP contribution is 2.41. The molecule has 5 amide bonds. The maximum Gasteiger partial charge on any atom is 0.271 e. The van der Waals surface area contributed by atoms with Crippen LogP contribution >= 0.6 is 0 Å². The van der Waals surface area contributed by atoms with E-state index in [0.29, 0.717) is 65.2 Å². The molecule has 436 valence electrons. The molecule has 23 heteroatoms. The smallest absolute Gasteiger partial charge is 0.271 e. The molecule has 0 bridgehead atoms. The molecule has 83 heavy (non-hydrogen) atoms. The van der Waals surface area contributed by atoms with Gasteiger partial charge in [-0.15, -0.1) is 0 Å². The third-order valence-electron chi connectivity index (χ3n) is 17.3. The molecule has 9 N–H and O–H groups in total. The van der Waals surface area contributed by atoms with Crippen molar-refractivity contribution in [2.45, 2.75) is 146 Å². The summed E-state index contributed by atoms with van der Waals surface area (Å²) < 4.78 is 3.85. The van der Waals surface area contributed by atoms with Gasteiger partial charge in [0.1, 0.15) is 11.6 Å². The molecule has 12 rings (SSSR count). The highest BCUT2D eigenvalue weighted by Gasteiger charge is 2.34. The van der Waals surface area contributed by atoms with Crippen LogP contribution in [0.1, 0.15) is 175 Å². The van der Waals surface area contributed by atoms with Crippen molar-refractivity contribution >= 4 is 64.2 Å². The van der Waals surface area contributed by atoms with Crippen LogP contribution in [0.4, 0.5) is 34.6 Å². The first-order valence-corrected chi connectivity index (χ1v) is 29.5. The monoisotopic (exact) mass is 1130 g/mol. The Hall–Kier alpha value is -8.47. The number of piperidine rings is 4. The summed E-state index contributed by atoms with van der Waals surface area (Å²) in [6.45, 7) is 10.6. The van der Waals surface area contributed by atoms with Crippen molar-refractivity contribution in [2.24, 2.45) is 11.5 Å². The fourth-order valence-corrected chi connectivity index (χ4v) is 12.0. The average molecular weight is 1130 g/mol. The molecule has 2 aliphatic carbocycles. The average Bonchev–Trinajstić information content (AvgIpc) is 4.49. The van der Waals surface area contributed by atoms with E-state index in [9.17, 15) is 24.0 Å². The largest absolute Gasteiger partial charge is 0.364 e. The van der Waals surface area contributed by atoms with Crippen molar-refractivity contribution in [3.05, 3.63) is 119 Å². The summed E-state index contributed by atoms with van der Waals surface area (Å²) in [5, 5.41) is 25.3. The standard InChI is InChI=1S/C31H39N9O3.C29H37N9O2/c1-19-26(36-31(43)23-9-7-22(8-10-23)21-5-6-21)4-3-13-39(19)27-17-33-28(29(32)42)30(37-27)35-24-16-34-40(18-24)25-11-14-38(15-12-25)20(2)41;1-18-24(35-29(40)21-8-6-20(7-9-21)19-4-5-19)3-2-14-37(18)25-16-32-26(27(30)39)28(36-25)34-22-15-33-38(17-22)23-10-12-31-13-11-23/h7-10,16-19,21,25-26H,3-6,11-15H2,1-2H3,(H2,32,42)(H,35,37)(H,36,43);6-9,15-19,23-24,31H,2-5,10-14H2,1H3,(H2,30,39)(H,34,36)(H,35,40)/t19-,26-;18-,24-/m11/s1. The Kier molecular flexibility index (Phi) is 16.9. The first-order valence-electron chi connectivity index (χ1n) is 29.5. The van der Waals surface area contributed by atoms with Crippen LogP contribution in [-0.2, 0) is 4.79 Å². The van der Waals surface area contributed by atoms with E-state index in [-0.39, 0.29) is 65.1 Å². The zero-order valence-corrected chi connectivity index (χ0v) is 47.5. The van der Waals surface area contributed by atoms with Crippen LogP contribution in [0.2, 0.25) is 0 Å². The van der Waals surface area contributed by atoms with Gasteiger partial charge in [0, 0.05) is 80.8 Å². The van der Waals surface area contributed by atoms with E-state index in [1.54, 1.807) is 31.7 Å². The SMILES string of the molecule is CC(=O)N1CCC(n2cc(Nc3nc(N4CCC[C@@H](NC(=O)c5ccc(C6CC6)cc5)[C@H]4C)cnc3C(N)=O)cn2)CC1.C[C@@H]1[C@H](NC(=O)c2ccc(C3CC3)cc2)CCCN1c1cnc(C(N)=O)c(Nc2cnn(C3CCNCC3)c2)n1. The maximum atomic E-state index is 13.1. The zero-order valence-electron chi connectivity index (χ0n) is 47.5. The summed E-state index contributed by atoms with van der Waals surface area (Å²) in [7, 11) is 0. The molecule has 4 aliphatic heterocycles. The van der Waals surface area contributed by atoms with Crippen molar-refractivity contribution in [3.8, 4) is 0 Å². The minimum atomic E-state index is -0.685. The van der Waals surface area contributed by atoms with Crippen LogP contribution in [0.3, 0.4) is 0 Å². The molecule has 4 saturated heterocycles. The third-order valence-corrected chi connectivity index (χ3v) is 17.3. The second kappa shape index (κ2) is 24.9. The molecule has 0 spiro atoms. The molecule has 2 aromatic carbocycles. The molecule has 0 unspecified atom stereocenters. The molecular weight excluding hydrogens is 1050 g/mol. The van der Waals surface area contributed by atoms with Crippen molar-refractivity contribution in [3.63, 3.8) is 0 Å².